The summed E-state index contributed by atoms with van der Waals surface area (Å²) in [6, 6.07) is 4.39. The maximum Gasteiger partial charge on any atom is 0.366 e. The number of hydrogen-bond acceptors (Lipinski definition) is 6. The van der Waals surface area contributed by atoms with Crippen LogP contribution in [0.5, 0.6) is 0 Å². The Morgan fingerprint density at radius 3 is 2.44 bits per heavy atom. The maximum atomic E-state index is 14.8. The average Bonchev–Trinajstić information content (AvgIpc) is 3.18. The minimum atomic E-state index is -0.795. The fourth-order valence-electron chi connectivity index (χ4n) is 4.45. The van der Waals surface area contributed by atoms with Crippen LogP contribution in [0.4, 0.5) is 10.3 Å². The second kappa shape index (κ2) is 10.1. The number of hydrogen-bond donors (Lipinski definition) is 0. The van der Waals surface area contributed by atoms with Crippen LogP contribution < -0.4 is 21.0 Å². The van der Waals surface area contributed by atoms with E-state index < -0.39 is 23.0 Å². The molecule has 1 saturated heterocycles. The monoisotopic (exact) mass is 519 g/mol. The highest BCUT2D eigenvalue weighted by atomic mass is 35.5. The Morgan fingerprint density at radius 2 is 1.83 bits per heavy atom. The topological polar surface area (TPSA) is 91.4 Å². The Bertz CT molecular complexity index is 1390. The van der Waals surface area contributed by atoms with Gasteiger partial charge in [0.25, 0.3) is 5.56 Å². The maximum absolute atomic E-state index is 14.8. The van der Waals surface area contributed by atoms with Gasteiger partial charge in [-0.3, -0.25) is 13.9 Å². The van der Waals surface area contributed by atoms with Gasteiger partial charge in [-0.15, -0.1) is 0 Å². The lowest BCUT2D eigenvalue weighted by molar-refractivity contribution is -0.146. The van der Waals surface area contributed by atoms with Gasteiger partial charge in [-0.05, 0) is 43.7 Å². The van der Waals surface area contributed by atoms with Crippen LogP contribution in [0.2, 0.25) is 5.02 Å². The molecule has 3 aromatic rings. The molecule has 194 valence electrons. The van der Waals surface area contributed by atoms with Crippen molar-refractivity contribution >= 4 is 34.7 Å². The number of carbonyl (C=O) groups excluding carboxylic acids is 1. The number of anilines is 1. The summed E-state index contributed by atoms with van der Waals surface area (Å²) < 4.78 is 18.1. The molecule has 1 fully saturated rings. The lowest BCUT2D eigenvalue weighted by Gasteiger charge is -2.28. The van der Waals surface area contributed by atoms with Crippen LogP contribution in [0.15, 0.2) is 27.8 Å². The zero-order valence-corrected chi connectivity index (χ0v) is 21.8. The quantitative estimate of drug-likeness (QED) is 0.494. The van der Waals surface area contributed by atoms with E-state index in [-0.39, 0.29) is 46.7 Å². The van der Waals surface area contributed by atoms with Crippen LogP contribution in [-0.2, 0) is 17.9 Å². The first-order chi connectivity index (χ1) is 17.0. The van der Waals surface area contributed by atoms with Crippen LogP contribution >= 0.6 is 11.6 Å². The lowest BCUT2D eigenvalue weighted by Crippen LogP contribution is -2.44. The minimum Gasteiger partial charge on any atom is -0.342 e. The van der Waals surface area contributed by atoms with Gasteiger partial charge in [-0.2, -0.15) is 4.98 Å². The summed E-state index contributed by atoms with van der Waals surface area (Å²) in [5, 5.41) is 0.210. The second-order valence-corrected chi connectivity index (χ2v) is 10.7. The minimum absolute atomic E-state index is 0.0416. The molecule has 9 nitrogen and oxygen atoms in total. The zero-order chi connectivity index (χ0) is 26.2. The molecule has 1 aliphatic heterocycles. The van der Waals surface area contributed by atoms with E-state index in [2.05, 4.69) is 4.98 Å². The molecular formula is C25H31ClFN5O4. The number of halogens is 2. The fourth-order valence-corrected chi connectivity index (χ4v) is 4.67. The summed E-state index contributed by atoms with van der Waals surface area (Å²) >= 11 is 6.33. The van der Waals surface area contributed by atoms with Crippen LogP contribution in [0.1, 0.15) is 58.9 Å². The van der Waals surface area contributed by atoms with Gasteiger partial charge in [0.15, 0.2) is 5.52 Å². The van der Waals surface area contributed by atoms with Gasteiger partial charge in [-0.25, -0.2) is 14.0 Å². The lowest BCUT2D eigenvalue weighted by atomic mass is 9.93. The number of nitrogens with zero attached hydrogens (tertiary/aromatic N) is 5. The van der Waals surface area contributed by atoms with Crippen molar-refractivity contribution in [3.05, 3.63) is 55.4 Å². The van der Waals surface area contributed by atoms with E-state index in [9.17, 15) is 18.8 Å². The number of aromatic nitrogens is 4. The van der Waals surface area contributed by atoms with Crippen molar-refractivity contribution in [1.82, 2.24) is 18.8 Å². The van der Waals surface area contributed by atoms with Gasteiger partial charge in [0.1, 0.15) is 5.82 Å². The molecule has 2 aromatic heterocycles. The first-order valence-electron chi connectivity index (χ1n) is 12.2. The van der Waals surface area contributed by atoms with Gasteiger partial charge in [0, 0.05) is 30.2 Å². The third-order valence-electron chi connectivity index (χ3n) is 6.17. The molecule has 0 unspecified atom stereocenters. The summed E-state index contributed by atoms with van der Waals surface area (Å²) in [6.07, 6.45) is 2.97. The molecule has 0 N–H and O–H groups in total. The normalized spacial score (nSPS) is 14.4. The Morgan fingerprint density at radius 1 is 1.14 bits per heavy atom. The number of imidazole rings is 1. The van der Waals surface area contributed by atoms with Gasteiger partial charge in [0.05, 0.1) is 13.0 Å². The Labute approximate surface area is 213 Å². The molecule has 11 heteroatoms. The van der Waals surface area contributed by atoms with Crippen molar-refractivity contribution in [3.8, 4) is 0 Å². The van der Waals surface area contributed by atoms with E-state index in [4.69, 9.17) is 16.4 Å². The molecule has 36 heavy (non-hydrogen) atoms. The van der Waals surface area contributed by atoms with E-state index in [1.165, 1.54) is 12.1 Å². The molecular weight excluding hydrogens is 489 g/mol. The molecule has 0 spiro atoms. The van der Waals surface area contributed by atoms with E-state index in [0.717, 1.165) is 28.6 Å². The molecule has 3 heterocycles. The van der Waals surface area contributed by atoms with E-state index in [0.29, 0.717) is 19.0 Å². The summed E-state index contributed by atoms with van der Waals surface area (Å²) in [4.78, 5) is 51.6. The van der Waals surface area contributed by atoms with Crippen molar-refractivity contribution in [2.45, 2.75) is 66.5 Å². The highest BCUT2D eigenvalue weighted by Gasteiger charge is 2.28. The Balaban J connectivity index is 1.98. The molecule has 0 radical (unpaired) electrons. The second-order valence-electron chi connectivity index (χ2n) is 10.2. The molecule has 0 saturated carbocycles. The molecule has 1 aliphatic rings. The van der Waals surface area contributed by atoms with Gasteiger partial charge in [0.2, 0.25) is 11.6 Å². The van der Waals surface area contributed by atoms with Crippen molar-refractivity contribution < 1.29 is 14.0 Å². The number of piperidine rings is 1. The average molecular weight is 520 g/mol. The van der Waals surface area contributed by atoms with Crippen molar-refractivity contribution in [2.75, 3.05) is 18.0 Å². The Hall–Kier alpha value is -3.14. The standard InChI is InChI=1S/C25H31ClFN5O4/c1-5-30-22(34)20-21(32(24(30)35)36-19(33)14-25(2,3)4)28-23(29-12-7-6-8-13-29)31(20)15-16-17(26)10-9-11-18(16)27/h9-11H,5-8,12-15H2,1-4H3. The van der Waals surface area contributed by atoms with Gasteiger partial charge in [-0.1, -0.05) is 43.2 Å². The first kappa shape index (κ1) is 25.9. The SMILES string of the molecule is CCn1c(=O)c2c(nc(N3CCCCC3)n2Cc2c(F)cccc2Cl)n(OC(=O)CC(C)(C)C)c1=O. The smallest absolute Gasteiger partial charge is 0.342 e. The number of rotatable bonds is 6. The highest BCUT2D eigenvalue weighted by molar-refractivity contribution is 6.31. The summed E-state index contributed by atoms with van der Waals surface area (Å²) in [5.74, 6) is -0.747. The van der Waals surface area contributed by atoms with E-state index in [1.807, 2.05) is 25.7 Å². The molecule has 0 amide bonds. The third kappa shape index (κ3) is 5.04. The van der Waals surface area contributed by atoms with E-state index in [1.54, 1.807) is 17.6 Å². The first-order valence-corrected chi connectivity index (χ1v) is 12.5. The predicted octanol–water partition coefficient (Wildman–Crippen LogP) is 3.60. The van der Waals surface area contributed by atoms with Crippen LogP contribution in [0.3, 0.4) is 0 Å². The number of carbonyl (C=O) groups is 1. The van der Waals surface area contributed by atoms with Crippen molar-refractivity contribution in [2.24, 2.45) is 5.41 Å². The van der Waals surface area contributed by atoms with Crippen LogP contribution in [-0.4, -0.2) is 37.9 Å². The van der Waals surface area contributed by atoms with Crippen LogP contribution in [0.25, 0.3) is 11.2 Å². The van der Waals surface area contributed by atoms with E-state index >= 15 is 0 Å². The molecule has 0 atom stereocenters. The Kier molecular flexibility index (Phi) is 7.26. The molecule has 0 aliphatic carbocycles. The van der Waals surface area contributed by atoms with Gasteiger partial charge < -0.3 is 9.74 Å². The summed E-state index contributed by atoms with van der Waals surface area (Å²) in [6.45, 7) is 8.61. The third-order valence-corrected chi connectivity index (χ3v) is 6.53. The molecule has 0 bridgehead atoms. The molecule has 4 rings (SSSR count). The van der Waals surface area contributed by atoms with Crippen LogP contribution in [0, 0.1) is 11.2 Å². The fraction of sp³-hybridized carbons (Fsp3) is 0.520. The largest absolute Gasteiger partial charge is 0.366 e. The van der Waals surface area contributed by atoms with Gasteiger partial charge >= 0.3 is 11.7 Å². The summed E-state index contributed by atoms with van der Waals surface area (Å²) in [7, 11) is 0. The van der Waals surface area contributed by atoms with Crippen molar-refractivity contribution in [1.29, 1.82) is 0 Å². The van der Waals surface area contributed by atoms with Crippen molar-refractivity contribution in [3.63, 3.8) is 0 Å². The number of benzene rings is 1. The zero-order valence-electron chi connectivity index (χ0n) is 21.0. The predicted molar refractivity (Wildman–Crippen MR) is 136 cm³/mol. The summed E-state index contributed by atoms with van der Waals surface area (Å²) in [5.41, 5.74) is -1.61. The number of fused-ring (bicyclic) bond motifs is 1. The molecule has 1 aromatic carbocycles. The highest BCUT2D eigenvalue weighted by Crippen LogP contribution is 2.28.